The number of benzene rings is 1. The number of hydrogen-bond acceptors (Lipinski definition) is 5. The van der Waals surface area contributed by atoms with E-state index in [4.69, 9.17) is 9.47 Å². The average Bonchev–Trinajstić information content (AvgIpc) is 2.77. The van der Waals surface area contributed by atoms with Gasteiger partial charge in [0.25, 0.3) is 5.91 Å². The molecule has 0 saturated carbocycles. The second kappa shape index (κ2) is 6.81. The summed E-state index contributed by atoms with van der Waals surface area (Å²) >= 11 is 1.64. The van der Waals surface area contributed by atoms with E-state index >= 15 is 0 Å². The molecule has 0 N–H and O–H groups in total. The number of hydrogen-bond donors (Lipinski definition) is 0. The van der Waals surface area contributed by atoms with Crippen molar-refractivity contribution in [1.29, 1.82) is 0 Å². The number of rotatable bonds is 3. The van der Waals surface area contributed by atoms with Gasteiger partial charge in [-0.05, 0) is 39.0 Å². The molecule has 3 rings (SSSR count). The van der Waals surface area contributed by atoms with Crippen LogP contribution in [0.2, 0.25) is 0 Å². The van der Waals surface area contributed by atoms with Crippen molar-refractivity contribution in [3.63, 3.8) is 0 Å². The molecule has 24 heavy (non-hydrogen) atoms. The highest BCUT2D eigenvalue weighted by molar-refractivity contribution is 7.11. The summed E-state index contributed by atoms with van der Waals surface area (Å²) in [6.07, 6.45) is 0.846. The fourth-order valence-electron chi connectivity index (χ4n) is 2.79. The van der Waals surface area contributed by atoms with Crippen molar-refractivity contribution in [3.8, 4) is 11.5 Å². The van der Waals surface area contributed by atoms with Gasteiger partial charge in [0, 0.05) is 23.9 Å². The largest absolute Gasteiger partial charge is 0.490 e. The smallest absolute Gasteiger partial charge is 0.254 e. The Morgan fingerprint density at radius 1 is 1.25 bits per heavy atom. The van der Waals surface area contributed by atoms with E-state index in [2.05, 4.69) is 4.98 Å². The Morgan fingerprint density at radius 2 is 1.96 bits per heavy atom. The van der Waals surface area contributed by atoms with Crippen LogP contribution in [0.5, 0.6) is 11.5 Å². The van der Waals surface area contributed by atoms with E-state index in [-0.39, 0.29) is 11.9 Å². The van der Waals surface area contributed by atoms with Crippen molar-refractivity contribution in [1.82, 2.24) is 9.88 Å². The second-order valence-corrected chi connectivity index (χ2v) is 7.22. The fraction of sp³-hybridized carbons (Fsp3) is 0.444. The number of aryl methyl sites for hydroxylation is 2. The normalized spacial score (nSPS) is 14.8. The summed E-state index contributed by atoms with van der Waals surface area (Å²) in [5.74, 6) is 1.31. The highest BCUT2D eigenvalue weighted by Crippen LogP contribution is 2.33. The SMILES string of the molecule is Cc1nc(C)c(C(C)N(C)C(=O)c2ccc3c(c2)OCCCO3)s1. The first-order valence-electron chi connectivity index (χ1n) is 8.08. The Labute approximate surface area is 146 Å². The van der Waals surface area contributed by atoms with Crippen LogP contribution in [0.4, 0.5) is 0 Å². The molecule has 0 saturated heterocycles. The maximum Gasteiger partial charge on any atom is 0.254 e. The summed E-state index contributed by atoms with van der Waals surface area (Å²) in [6.45, 7) is 7.25. The van der Waals surface area contributed by atoms with Gasteiger partial charge in [-0.15, -0.1) is 11.3 Å². The lowest BCUT2D eigenvalue weighted by Gasteiger charge is -2.25. The van der Waals surface area contributed by atoms with Crippen LogP contribution in [0.1, 0.15) is 45.3 Å². The third-order valence-corrected chi connectivity index (χ3v) is 5.46. The van der Waals surface area contributed by atoms with Gasteiger partial charge in [-0.3, -0.25) is 4.79 Å². The molecule has 2 aromatic rings. The molecular formula is C18H22N2O3S. The van der Waals surface area contributed by atoms with Crippen molar-refractivity contribution in [3.05, 3.63) is 39.3 Å². The van der Waals surface area contributed by atoms with Gasteiger partial charge in [0.05, 0.1) is 30.0 Å². The van der Waals surface area contributed by atoms with Crippen molar-refractivity contribution in [2.75, 3.05) is 20.3 Å². The molecule has 1 amide bonds. The number of fused-ring (bicyclic) bond motifs is 1. The van der Waals surface area contributed by atoms with Crippen LogP contribution in [-0.2, 0) is 0 Å². The average molecular weight is 346 g/mol. The molecule has 0 spiro atoms. The Kier molecular flexibility index (Phi) is 4.76. The summed E-state index contributed by atoms with van der Waals surface area (Å²) in [5, 5.41) is 1.02. The fourth-order valence-corrected chi connectivity index (χ4v) is 3.81. The minimum absolute atomic E-state index is 0.0281. The summed E-state index contributed by atoms with van der Waals surface area (Å²) in [6, 6.07) is 5.36. The Balaban J connectivity index is 1.83. The molecular weight excluding hydrogens is 324 g/mol. The Bertz CT molecular complexity index is 757. The van der Waals surface area contributed by atoms with Crippen LogP contribution in [-0.4, -0.2) is 36.1 Å². The zero-order valence-electron chi connectivity index (χ0n) is 14.5. The van der Waals surface area contributed by atoms with Gasteiger partial charge in [-0.1, -0.05) is 0 Å². The molecule has 128 valence electrons. The first-order chi connectivity index (χ1) is 11.5. The lowest BCUT2D eigenvalue weighted by Crippen LogP contribution is -2.29. The van der Waals surface area contributed by atoms with Crippen molar-refractivity contribution < 1.29 is 14.3 Å². The lowest BCUT2D eigenvalue weighted by molar-refractivity contribution is 0.0744. The molecule has 6 heteroatoms. The topological polar surface area (TPSA) is 51.7 Å². The molecule has 1 unspecified atom stereocenters. The van der Waals surface area contributed by atoms with Crippen LogP contribution >= 0.6 is 11.3 Å². The first kappa shape index (κ1) is 16.8. The predicted octanol–water partition coefficient (Wildman–Crippen LogP) is 3.75. The molecule has 0 radical (unpaired) electrons. The minimum Gasteiger partial charge on any atom is -0.490 e. The zero-order chi connectivity index (χ0) is 17.3. The number of carbonyl (C=O) groups excluding carboxylic acids is 1. The summed E-state index contributed by atoms with van der Waals surface area (Å²) in [7, 11) is 1.82. The van der Waals surface area contributed by atoms with Crippen molar-refractivity contribution in [2.24, 2.45) is 0 Å². The van der Waals surface area contributed by atoms with E-state index in [9.17, 15) is 4.79 Å². The van der Waals surface area contributed by atoms with E-state index in [1.807, 2.05) is 33.9 Å². The molecule has 1 aromatic carbocycles. The lowest BCUT2D eigenvalue weighted by atomic mass is 10.1. The third kappa shape index (κ3) is 3.24. The maximum absolute atomic E-state index is 12.9. The Morgan fingerprint density at radius 3 is 2.62 bits per heavy atom. The summed E-state index contributed by atoms with van der Waals surface area (Å²) < 4.78 is 11.3. The van der Waals surface area contributed by atoms with Gasteiger partial charge in [0.15, 0.2) is 11.5 Å². The van der Waals surface area contributed by atoms with E-state index < -0.39 is 0 Å². The Hall–Kier alpha value is -2.08. The number of thiazole rings is 1. The van der Waals surface area contributed by atoms with Gasteiger partial charge >= 0.3 is 0 Å². The monoisotopic (exact) mass is 346 g/mol. The number of nitrogens with zero attached hydrogens (tertiary/aromatic N) is 2. The quantitative estimate of drug-likeness (QED) is 0.849. The second-order valence-electron chi connectivity index (χ2n) is 5.99. The van der Waals surface area contributed by atoms with Gasteiger partial charge in [0.1, 0.15) is 0 Å². The number of ether oxygens (including phenoxy) is 2. The first-order valence-corrected chi connectivity index (χ1v) is 8.89. The molecule has 5 nitrogen and oxygen atoms in total. The number of amides is 1. The molecule has 2 heterocycles. The van der Waals surface area contributed by atoms with E-state index in [0.717, 1.165) is 22.0 Å². The molecule has 1 aliphatic rings. The summed E-state index contributed by atoms with van der Waals surface area (Å²) in [4.78, 5) is 20.2. The van der Waals surface area contributed by atoms with Crippen molar-refractivity contribution >= 4 is 17.2 Å². The summed E-state index contributed by atoms with van der Waals surface area (Å²) in [5.41, 5.74) is 1.59. The standard InChI is InChI=1S/C18H22N2O3S/c1-11-17(24-13(3)19-11)12(2)20(4)18(21)14-6-7-15-16(10-14)23-9-5-8-22-15/h6-7,10,12H,5,8-9H2,1-4H3. The minimum atomic E-state index is -0.0383. The van der Waals surface area contributed by atoms with Gasteiger partial charge in [-0.2, -0.15) is 0 Å². The molecule has 0 bridgehead atoms. The van der Waals surface area contributed by atoms with Crippen molar-refractivity contribution in [2.45, 2.75) is 33.2 Å². The van der Waals surface area contributed by atoms with E-state index in [0.29, 0.717) is 30.3 Å². The predicted molar refractivity (Wildman–Crippen MR) is 94.1 cm³/mol. The van der Waals surface area contributed by atoms with E-state index in [1.165, 1.54) is 0 Å². The molecule has 1 aliphatic heterocycles. The van der Waals surface area contributed by atoms with Crippen LogP contribution in [0.25, 0.3) is 0 Å². The van der Waals surface area contributed by atoms with Gasteiger partial charge < -0.3 is 14.4 Å². The maximum atomic E-state index is 12.9. The third-order valence-electron chi connectivity index (χ3n) is 4.21. The van der Waals surface area contributed by atoms with Gasteiger partial charge in [-0.25, -0.2) is 4.98 Å². The highest BCUT2D eigenvalue weighted by atomic mass is 32.1. The molecule has 1 atom stereocenters. The number of aromatic nitrogens is 1. The van der Waals surface area contributed by atoms with Crippen LogP contribution < -0.4 is 9.47 Å². The van der Waals surface area contributed by atoms with E-state index in [1.54, 1.807) is 28.4 Å². The van der Waals surface area contributed by atoms with Crippen LogP contribution in [0.3, 0.4) is 0 Å². The van der Waals surface area contributed by atoms with Crippen LogP contribution in [0, 0.1) is 13.8 Å². The van der Waals surface area contributed by atoms with Gasteiger partial charge in [0.2, 0.25) is 0 Å². The molecule has 0 fully saturated rings. The zero-order valence-corrected chi connectivity index (χ0v) is 15.3. The van der Waals surface area contributed by atoms with Crippen LogP contribution in [0.15, 0.2) is 18.2 Å². The molecule has 0 aliphatic carbocycles. The molecule has 1 aromatic heterocycles. The highest BCUT2D eigenvalue weighted by Gasteiger charge is 2.23. The number of carbonyl (C=O) groups is 1.